The average molecular weight is 330 g/mol. The zero-order valence-electron chi connectivity index (χ0n) is 12.8. The molecule has 2 N–H and O–H groups in total. The van der Waals surface area contributed by atoms with Crippen LogP contribution < -0.4 is 10.0 Å². The largest absolute Gasteiger partial charge is 0.355 e. The fourth-order valence-electron chi connectivity index (χ4n) is 2.78. The average Bonchev–Trinajstić information content (AvgIpc) is 3.01. The molecule has 5 nitrogen and oxygen atoms in total. The zero-order chi connectivity index (χ0) is 16.4. The molecule has 3 rings (SSSR count). The predicted molar refractivity (Wildman–Crippen MR) is 89.1 cm³/mol. The summed E-state index contributed by atoms with van der Waals surface area (Å²) in [5.74, 6) is -0.250. The second-order valence-electron chi connectivity index (χ2n) is 5.55. The van der Waals surface area contributed by atoms with Crippen LogP contribution in [0.5, 0.6) is 0 Å². The Labute approximate surface area is 135 Å². The minimum absolute atomic E-state index is 0.130. The van der Waals surface area contributed by atoms with Crippen molar-refractivity contribution in [2.75, 3.05) is 11.8 Å². The fourth-order valence-corrected chi connectivity index (χ4v) is 3.83. The number of aryl methyl sites for hydroxylation is 2. The summed E-state index contributed by atoms with van der Waals surface area (Å²) in [5.41, 5.74) is 3.49. The van der Waals surface area contributed by atoms with Gasteiger partial charge in [0.25, 0.3) is 15.9 Å². The van der Waals surface area contributed by atoms with Gasteiger partial charge in [-0.1, -0.05) is 6.07 Å². The van der Waals surface area contributed by atoms with E-state index in [1.54, 1.807) is 6.07 Å². The second-order valence-corrected chi connectivity index (χ2v) is 7.23. The number of sulfonamides is 1. The summed E-state index contributed by atoms with van der Waals surface area (Å²) < 4.78 is 27.5. The van der Waals surface area contributed by atoms with Crippen molar-refractivity contribution in [1.82, 2.24) is 5.32 Å². The van der Waals surface area contributed by atoms with Crippen LogP contribution in [0.4, 0.5) is 5.69 Å². The second kappa shape index (κ2) is 6.04. The summed E-state index contributed by atoms with van der Waals surface area (Å²) in [6.07, 6.45) is 3.17. The van der Waals surface area contributed by atoms with Gasteiger partial charge < -0.3 is 5.32 Å². The van der Waals surface area contributed by atoms with Gasteiger partial charge in [0.2, 0.25) is 0 Å². The molecule has 6 heteroatoms. The van der Waals surface area contributed by atoms with E-state index in [0.29, 0.717) is 11.3 Å². The van der Waals surface area contributed by atoms with Crippen LogP contribution in [-0.4, -0.2) is 21.4 Å². The Bertz CT molecular complexity index is 843. The van der Waals surface area contributed by atoms with Crippen LogP contribution in [0.3, 0.4) is 0 Å². The van der Waals surface area contributed by atoms with E-state index >= 15 is 0 Å². The monoisotopic (exact) mass is 330 g/mol. The highest BCUT2D eigenvalue weighted by atomic mass is 32.2. The van der Waals surface area contributed by atoms with Crippen molar-refractivity contribution < 1.29 is 13.2 Å². The molecule has 0 spiro atoms. The smallest absolute Gasteiger partial charge is 0.261 e. The van der Waals surface area contributed by atoms with Crippen molar-refractivity contribution in [2.45, 2.75) is 24.2 Å². The number of anilines is 1. The third-order valence-electron chi connectivity index (χ3n) is 4.00. The molecule has 0 saturated heterocycles. The van der Waals surface area contributed by atoms with Crippen LogP contribution >= 0.6 is 0 Å². The normalized spacial score (nSPS) is 13.4. The summed E-state index contributed by atoms with van der Waals surface area (Å²) in [6, 6.07) is 11.5. The van der Waals surface area contributed by atoms with Crippen molar-refractivity contribution in [3.63, 3.8) is 0 Å². The van der Waals surface area contributed by atoms with E-state index in [-0.39, 0.29) is 10.8 Å². The van der Waals surface area contributed by atoms with Crippen molar-refractivity contribution in [1.29, 1.82) is 0 Å². The van der Waals surface area contributed by atoms with E-state index < -0.39 is 10.0 Å². The number of amides is 1. The fraction of sp³-hybridized carbons (Fsp3) is 0.235. The highest BCUT2D eigenvalue weighted by Gasteiger charge is 2.17. The van der Waals surface area contributed by atoms with Gasteiger partial charge in [0.05, 0.1) is 4.90 Å². The molecular formula is C17H18N2O3S. The number of hydrogen-bond donors (Lipinski definition) is 2. The first-order valence-corrected chi connectivity index (χ1v) is 8.95. The maximum absolute atomic E-state index is 12.4. The van der Waals surface area contributed by atoms with Crippen LogP contribution in [0.2, 0.25) is 0 Å². The maximum Gasteiger partial charge on any atom is 0.261 e. The van der Waals surface area contributed by atoms with Crippen LogP contribution in [0, 0.1) is 0 Å². The predicted octanol–water partition coefficient (Wildman–Crippen LogP) is 2.34. The minimum atomic E-state index is -3.66. The topological polar surface area (TPSA) is 75.3 Å². The number of nitrogens with one attached hydrogen (secondary N) is 2. The lowest BCUT2D eigenvalue weighted by atomic mass is 10.1. The van der Waals surface area contributed by atoms with Gasteiger partial charge in [-0.05, 0) is 66.8 Å². The van der Waals surface area contributed by atoms with E-state index in [1.165, 1.54) is 42.4 Å². The van der Waals surface area contributed by atoms with Crippen molar-refractivity contribution in [2.24, 2.45) is 0 Å². The molecule has 23 heavy (non-hydrogen) atoms. The molecule has 120 valence electrons. The molecule has 0 atom stereocenters. The van der Waals surface area contributed by atoms with E-state index in [9.17, 15) is 13.2 Å². The first kappa shape index (κ1) is 15.6. The van der Waals surface area contributed by atoms with Gasteiger partial charge in [-0.15, -0.1) is 0 Å². The van der Waals surface area contributed by atoms with Crippen LogP contribution in [0.1, 0.15) is 27.9 Å². The molecule has 0 heterocycles. The van der Waals surface area contributed by atoms with Gasteiger partial charge in [0.1, 0.15) is 0 Å². The molecule has 0 bridgehead atoms. The van der Waals surface area contributed by atoms with Crippen molar-refractivity contribution in [3.05, 3.63) is 59.2 Å². The Morgan fingerprint density at radius 2 is 1.70 bits per heavy atom. The van der Waals surface area contributed by atoms with Crippen LogP contribution in [0.15, 0.2) is 47.4 Å². The summed E-state index contributed by atoms with van der Waals surface area (Å²) in [6.45, 7) is 0. The first-order chi connectivity index (χ1) is 11.0. The SMILES string of the molecule is CNC(=O)c1ccc(S(=O)(=O)Nc2ccc3c(c2)CCC3)cc1. The standard InChI is InChI=1S/C17H18N2O3S/c1-18-17(20)13-6-9-16(10-7-13)23(21,22)19-15-8-5-12-3-2-4-14(12)11-15/h5-11,19H,2-4H2,1H3,(H,18,20). The molecule has 0 saturated carbocycles. The molecule has 0 unspecified atom stereocenters. The quantitative estimate of drug-likeness (QED) is 0.903. The number of hydrogen-bond acceptors (Lipinski definition) is 3. The van der Waals surface area contributed by atoms with Crippen molar-refractivity contribution >= 4 is 21.6 Å². The zero-order valence-corrected chi connectivity index (χ0v) is 13.6. The molecule has 0 fully saturated rings. The summed E-state index contributed by atoms with van der Waals surface area (Å²) >= 11 is 0. The number of carbonyl (C=O) groups is 1. The van der Waals surface area contributed by atoms with Gasteiger partial charge in [-0.25, -0.2) is 8.42 Å². The Kier molecular flexibility index (Phi) is 4.09. The minimum Gasteiger partial charge on any atom is -0.355 e. The van der Waals surface area contributed by atoms with Gasteiger partial charge in [-0.3, -0.25) is 9.52 Å². The third kappa shape index (κ3) is 3.22. The summed E-state index contributed by atoms with van der Waals surface area (Å²) in [4.78, 5) is 11.6. The molecule has 0 radical (unpaired) electrons. The lowest BCUT2D eigenvalue weighted by Crippen LogP contribution is -2.18. The Morgan fingerprint density at radius 3 is 2.39 bits per heavy atom. The molecule has 2 aromatic carbocycles. The highest BCUT2D eigenvalue weighted by molar-refractivity contribution is 7.92. The van der Waals surface area contributed by atoms with Gasteiger partial charge >= 0.3 is 0 Å². The summed E-state index contributed by atoms with van der Waals surface area (Å²) in [5, 5.41) is 2.50. The van der Waals surface area contributed by atoms with Gasteiger partial charge in [0.15, 0.2) is 0 Å². The number of benzene rings is 2. The third-order valence-corrected chi connectivity index (χ3v) is 5.40. The van der Waals surface area contributed by atoms with Gasteiger partial charge in [-0.2, -0.15) is 0 Å². The van der Waals surface area contributed by atoms with Crippen LogP contribution in [0.25, 0.3) is 0 Å². The number of carbonyl (C=O) groups excluding carboxylic acids is 1. The number of fused-ring (bicyclic) bond motifs is 1. The molecule has 1 amide bonds. The molecule has 1 aliphatic rings. The summed E-state index contributed by atoms with van der Waals surface area (Å²) in [7, 11) is -2.13. The van der Waals surface area contributed by atoms with E-state index in [0.717, 1.165) is 19.3 Å². The van der Waals surface area contributed by atoms with Crippen LogP contribution in [-0.2, 0) is 22.9 Å². The Hall–Kier alpha value is -2.34. The van der Waals surface area contributed by atoms with Crippen molar-refractivity contribution in [3.8, 4) is 0 Å². The molecule has 0 aromatic heterocycles. The first-order valence-electron chi connectivity index (χ1n) is 7.46. The van der Waals surface area contributed by atoms with E-state index in [2.05, 4.69) is 10.0 Å². The lowest BCUT2D eigenvalue weighted by Gasteiger charge is -2.10. The molecule has 2 aromatic rings. The molecule has 0 aliphatic heterocycles. The Morgan fingerprint density at radius 1 is 1.00 bits per heavy atom. The molecule has 1 aliphatic carbocycles. The number of rotatable bonds is 4. The van der Waals surface area contributed by atoms with E-state index in [4.69, 9.17) is 0 Å². The van der Waals surface area contributed by atoms with E-state index in [1.807, 2.05) is 12.1 Å². The Balaban J connectivity index is 1.82. The van der Waals surface area contributed by atoms with Gasteiger partial charge in [0, 0.05) is 18.3 Å². The highest BCUT2D eigenvalue weighted by Crippen LogP contribution is 2.26. The maximum atomic E-state index is 12.4. The lowest BCUT2D eigenvalue weighted by molar-refractivity contribution is 0.0963. The molecular weight excluding hydrogens is 312 g/mol.